The molecule has 1 amide bonds. The molecule has 2 atom stereocenters. The van der Waals surface area contributed by atoms with Crippen molar-refractivity contribution in [3.63, 3.8) is 0 Å². The number of halogens is 2. The Labute approximate surface area is 212 Å². The molecule has 0 radical (unpaired) electrons. The Hall–Kier alpha value is -2.77. The first-order chi connectivity index (χ1) is 16.8. The first-order valence-electron chi connectivity index (χ1n) is 11.6. The fourth-order valence-electron chi connectivity index (χ4n) is 4.11. The standard InChI is InChI=1S/C25H31AsF2N4O3/c26-25(31-23(33)17-10-8-16(9-11-17)14-20(29)24(34)35)30-15-19-18(22(27)28)6-5-7-21(19)32-12-3-1-2-4-13-32/h5-11,20,22H,1-4,12-15,26,29H2,(H,34,35)(H,30,31,33). The Morgan fingerprint density at radius 3 is 2.34 bits per heavy atom. The van der Waals surface area contributed by atoms with E-state index in [2.05, 4.69) is 15.2 Å². The van der Waals surface area contributed by atoms with Crippen LogP contribution in [-0.4, -0.2) is 57.6 Å². The van der Waals surface area contributed by atoms with Crippen LogP contribution in [0.25, 0.3) is 0 Å². The number of carbonyl (C=O) groups excluding carboxylic acids is 1. The van der Waals surface area contributed by atoms with Crippen LogP contribution in [0.4, 0.5) is 14.5 Å². The van der Waals surface area contributed by atoms with E-state index in [1.165, 1.54) is 6.07 Å². The number of nitrogens with two attached hydrogens (primary N) is 1. The summed E-state index contributed by atoms with van der Waals surface area (Å²) in [5.74, 6) is -1.56. The maximum atomic E-state index is 13.8. The molecular weight excluding hydrogens is 517 g/mol. The summed E-state index contributed by atoms with van der Waals surface area (Å²) < 4.78 is 28.0. The number of carboxylic acids is 1. The van der Waals surface area contributed by atoms with Gasteiger partial charge < -0.3 is 0 Å². The average Bonchev–Trinajstić information content (AvgIpc) is 3.12. The van der Waals surface area contributed by atoms with E-state index in [4.69, 9.17) is 10.8 Å². The van der Waals surface area contributed by atoms with Crippen molar-refractivity contribution < 1.29 is 23.5 Å². The van der Waals surface area contributed by atoms with Gasteiger partial charge in [0.15, 0.2) is 0 Å². The number of rotatable bonds is 8. The van der Waals surface area contributed by atoms with E-state index in [0.717, 1.165) is 61.3 Å². The van der Waals surface area contributed by atoms with Gasteiger partial charge in [-0.2, -0.15) is 0 Å². The molecule has 2 aromatic carbocycles. The predicted molar refractivity (Wildman–Crippen MR) is 135 cm³/mol. The zero-order chi connectivity index (χ0) is 25.4. The van der Waals surface area contributed by atoms with Crippen molar-refractivity contribution in [2.45, 2.75) is 51.1 Å². The van der Waals surface area contributed by atoms with E-state index in [1.807, 2.05) is 6.07 Å². The molecule has 2 aromatic rings. The number of nitrogens with zero attached hydrogens (tertiary/aromatic N) is 2. The maximum absolute atomic E-state index is 13.8. The minimum absolute atomic E-state index is 0.0129. The topological polar surface area (TPSA) is 108 Å². The van der Waals surface area contributed by atoms with Crippen LogP contribution in [-0.2, 0) is 17.8 Å². The van der Waals surface area contributed by atoms with Crippen LogP contribution in [0, 0.1) is 0 Å². The quantitative estimate of drug-likeness (QED) is 0.266. The number of aliphatic imine (C=N–C) groups is 1. The summed E-state index contributed by atoms with van der Waals surface area (Å²) in [6.07, 6.45) is 1.90. The summed E-state index contributed by atoms with van der Waals surface area (Å²) in [6, 6.07) is 10.4. The van der Waals surface area contributed by atoms with Gasteiger partial charge in [0.2, 0.25) is 0 Å². The summed E-state index contributed by atoms with van der Waals surface area (Å²) in [7, 11) is 0. The van der Waals surface area contributed by atoms with Crippen LogP contribution in [0.1, 0.15) is 59.2 Å². The van der Waals surface area contributed by atoms with Crippen molar-refractivity contribution in [2.75, 3.05) is 18.0 Å². The van der Waals surface area contributed by atoms with Crippen LogP contribution in [0.3, 0.4) is 0 Å². The van der Waals surface area contributed by atoms with Gasteiger partial charge in [0.05, 0.1) is 0 Å². The van der Waals surface area contributed by atoms with E-state index >= 15 is 0 Å². The van der Waals surface area contributed by atoms with Gasteiger partial charge in [-0.3, -0.25) is 0 Å². The van der Waals surface area contributed by atoms with E-state index in [9.17, 15) is 18.4 Å². The van der Waals surface area contributed by atoms with Crippen molar-refractivity contribution >= 4 is 39.0 Å². The molecule has 1 heterocycles. The Kier molecular flexibility index (Phi) is 9.81. The van der Waals surface area contributed by atoms with Gasteiger partial charge in [-0.25, -0.2) is 0 Å². The Morgan fingerprint density at radius 2 is 1.74 bits per heavy atom. The fraction of sp³-hybridized carbons (Fsp3) is 0.400. The number of aliphatic carboxylic acids is 1. The molecule has 1 saturated heterocycles. The number of nitrogens with one attached hydrogen (secondary N) is 1. The first kappa shape index (κ1) is 26.8. The number of alkyl halides is 2. The fourth-order valence-corrected chi connectivity index (χ4v) is 4.57. The average molecular weight is 548 g/mol. The van der Waals surface area contributed by atoms with Gasteiger partial charge >= 0.3 is 212 Å². The van der Waals surface area contributed by atoms with Gasteiger partial charge in [-0.15, -0.1) is 0 Å². The molecular formula is C25H31AsF2N4O3. The molecule has 7 nitrogen and oxygen atoms in total. The second-order valence-corrected chi connectivity index (χ2v) is 9.70. The molecule has 3 rings (SSSR count). The van der Waals surface area contributed by atoms with Gasteiger partial charge in [0, 0.05) is 0 Å². The zero-order valence-corrected chi connectivity index (χ0v) is 21.8. The first-order valence-corrected chi connectivity index (χ1v) is 12.8. The van der Waals surface area contributed by atoms with E-state index in [1.54, 1.807) is 30.3 Å². The molecule has 0 saturated carbocycles. The molecule has 1 fully saturated rings. The number of carbonyl (C=O) groups is 2. The molecule has 35 heavy (non-hydrogen) atoms. The molecule has 0 aromatic heterocycles. The Bertz CT molecular complexity index is 1060. The van der Waals surface area contributed by atoms with Gasteiger partial charge in [0.25, 0.3) is 0 Å². The third kappa shape index (κ3) is 7.61. The molecule has 0 bridgehead atoms. The number of anilines is 1. The SMILES string of the molecule is NC(Cc1ccc(C(=O)N=C([AsH2])NCc2c(C(F)F)cccc2N2CCCCCC2)cc1)C(=O)O. The number of amidine groups is 1. The molecule has 2 unspecified atom stereocenters. The summed E-state index contributed by atoms with van der Waals surface area (Å²) in [5.41, 5.74) is 7.90. The molecule has 10 heteroatoms. The van der Waals surface area contributed by atoms with Gasteiger partial charge in [0.1, 0.15) is 0 Å². The van der Waals surface area contributed by atoms with Gasteiger partial charge in [-0.05, 0) is 0 Å². The number of hydrogen-bond donors (Lipinski definition) is 3. The third-order valence-electron chi connectivity index (χ3n) is 6.01. The summed E-state index contributed by atoms with van der Waals surface area (Å²) >= 11 is 1.08. The van der Waals surface area contributed by atoms with Crippen LogP contribution < -0.4 is 16.0 Å². The number of benzene rings is 2. The number of amides is 1. The Morgan fingerprint density at radius 1 is 1.09 bits per heavy atom. The van der Waals surface area contributed by atoms with E-state index in [-0.39, 0.29) is 18.5 Å². The van der Waals surface area contributed by atoms with Crippen LogP contribution in [0.5, 0.6) is 0 Å². The van der Waals surface area contributed by atoms with Crippen LogP contribution in [0.15, 0.2) is 47.5 Å². The molecule has 4 N–H and O–H groups in total. The summed E-state index contributed by atoms with van der Waals surface area (Å²) in [6.45, 7) is 1.81. The van der Waals surface area contributed by atoms with Crippen molar-refractivity contribution in [3.8, 4) is 0 Å². The molecule has 0 spiro atoms. The normalized spacial score (nSPS) is 15.6. The predicted octanol–water partition coefficient (Wildman–Crippen LogP) is 2.88. The van der Waals surface area contributed by atoms with Crippen molar-refractivity contribution in [1.82, 2.24) is 5.32 Å². The van der Waals surface area contributed by atoms with Crippen LogP contribution in [0.2, 0.25) is 0 Å². The Balaban J connectivity index is 1.71. The van der Waals surface area contributed by atoms with E-state index in [0.29, 0.717) is 21.3 Å². The van der Waals surface area contributed by atoms with Crippen molar-refractivity contribution in [1.29, 1.82) is 0 Å². The number of hydrogen-bond acceptors (Lipinski definition) is 4. The minimum atomic E-state index is -2.60. The number of carboxylic acid groups (broad SMARTS) is 1. The second-order valence-electron chi connectivity index (χ2n) is 8.55. The second kappa shape index (κ2) is 12.8. The zero-order valence-electron chi connectivity index (χ0n) is 19.4. The van der Waals surface area contributed by atoms with E-state index < -0.39 is 24.3 Å². The molecule has 0 aliphatic carbocycles. The monoisotopic (exact) mass is 548 g/mol. The summed E-state index contributed by atoms with van der Waals surface area (Å²) in [4.78, 5) is 29.7. The third-order valence-corrected chi connectivity index (χ3v) is 6.71. The molecule has 1 aliphatic heterocycles. The summed E-state index contributed by atoms with van der Waals surface area (Å²) in [5, 5.41) is 12.0. The van der Waals surface area contributed by atoms with Gasteiger partial charge in [-0.1, -0.05) is 0 Å². The van der Waals surface area contributed by atoms with Crippen molar-refractivity contribution in [2.24, 2.45) is 10.7 Å². The molecule has 188 valence electrons. The van der Waals surface area contributed by atoms with Crippen molar-refractivity contribution in [3.05, 3.63) is 64.7 Å². The van der Waals surface area contributed by atoms with Crippen LogP contribution >= 0.6 is 0 Å². The molecule has 1 aliphatic rings.